The summed E-state index contributed by atoms with van der Waals surface area (Å²) in [4.78, 5) is 73.1. The van der Waals surface area contributed by atoms with E-state index < -0.39 is 97.5 Å². The molecule has 0 aromatic carbocycles. The van der Waals surface area contributed by atoms with E-state index >= 15 is 0 Å². The fourth-order valence-electron chi connectivity index (χ4n) is 13.7. The summed E-state index contributed by atoms with van der Waals surface area (Å²) in [6.45, 7) is 5.01. The van der Waals surface area contributed by atoms with Gasteiger partial charge in [-0.05, 0) is 25.7 Å². The zero-order valence-corrected chi connectivity index (χ0v) is 71.2. The molecule has 3 N–H and O–H groups in total. The fourth-order valence-corrected chi connectivity index (χ4v) is 15.3. The number of aliphatic hydroxyl groups excluding tert-OH is 1. The van der Waals surface area contributed by atoms with Gasteiger partial charge in [0.15, 0.2) is 12.2 Å². The van der Waals surface area contributed by atoms with Gasteiger partial charge in [0, 0.05) is 25.7 Å². The summed E-state index contributed by atoms with van der Waals surface area (Å²) in [6.07, 6.45) is 76.8. The molecule has 0 radical (unpaired) electrons. The summed E-state index contributed by atoms with van der Waals surface area (Å²) in [5.74, 6) is -2.10. The Labute approximate surface area is 651 Å². The average molecular weight is 1550 g/mol. The Hall–Kier alpha value is -1.94. The third-order valence-electron chi connectivity index (χ3n) is 20.6. The molecule has 0 saturated heterocycles. The van der Waals surface area contributed by atoms with Crippen LogP contribution < -0.4 is 0 Å². The summed E-state index contributed by atoms with van der Waals surface area (Å²) in [7, 11) is -9.92. The number of carbonyl (C=O) groups is 4. The standard InChI is InChI=1S/C87H170O17P2/c1-5-9-13-17-21-24-27-30-33-36-38-40-42-44-46-49-52-55-58-62-66-70-74-87(92)104-83(78-98-85(90)72-68-64-60-56-53-50-48-45-43-41-39-37-34-31-28-25-22-18-14-10-6-2)80-102-106(95,96)100-76-81(88)75-99-105(93,94)101-79-82(77-97-84(89)71-67-63-59-20-16-12-8-4)103-86(91)73-69-65-61-57-54-51-47-35-32-29-26-23-19-15-11-7-3/h81-83,88H,5-80H2,1-4H3,(H,93,94)(H,95,96)/t81-,82+,83+/m0/s1. The Balaban J connectivity index is 5.14. The Kier molecular flexibility index (Phi) is 79.6. The van der Waals surface area contributed by atoms with Gasteiger partial charge in [0.05, 0.1) is 26.4 Å². The molecule has 0 bridgehead atoms. The highest BCUT2D eigenvalue weighted by molar-refractivity contribution is 7.47. The van der Waals surface area contributed by atoms with Gasteiger partial charge in [0.2, 0.25) is 0 Å². The average Bonchev–Trinajstić information content (AvgIpc) is 0.902. The van der Waals surface area contributed by atoms with Crippen LogP contribution >= 0.6 is 15.6 Å². The van der Waals surface area contributed by atoms with E-state index in [0.717, 1.165) is 103 Å². The van der Waals surface area contributed by atoms with Crippen LogP contribution in [-0.2, 0) is 65.4 Å². The predicted octanol–water partition coefficient (Wildman–Crippen LogP) is 26.9. The number of aliphatic hydroxyl groups is 1. The zero-order valence-electron chi connectivity index (χ0n) is 69.4. The highest BCUT2D eigenvalue weighted by Gasteiger charge is 2.30. The molecule has 2 unspecified atom stereocenters. The lowest BCUT2D eigenvalue weighted by atomic mass is 10.0. The molecule has 0 saturated carbocycles. The second kappa shape index (κ2) is 81.1. The van der Waals surface area contributed by atoms with Crippen LogP contribution in [0, 0.1) is 0 Å². The van der Waals surface area contributed by atoms with E-state index in [1.807, 2.05) is 0 Å². The van der Waals surface area contributed by atoms with Crippen LogP contribution in [0.4, 0.5) is 0 Å². The van der Waals surface area contributed by atoms with Crippen molar-refractivity contribution in [2.24, 2.45) is 0 Å². The quantitative estimate of drug-likeness (QED) is 0.0222. The Morgan fingerprint density at radius 1 is 0.226 bits per heavy atom. The molecular weight excluding hydrogens is 1380 g/mol. The monoisotopic (exact) mass is 1550 g/mol. The Morgan fingerprint density at radius 3 is 0.557 bits per heavy atom. The molecule has 0 spiro atoms. The highest BCUT2D eigenvalue weighted by Crippen LogP contribution is 2.45. The van der Waals surface area contributed by atoms with E-state index in [2.05, 4.69) is 27.7 Å². The van der Waals surface area contributed by atoms with Crippen molar-refractivity contribution >= 4 is 39.5 Å². The van der Waals surface area contributed by atoms with Crippen LogP contribution in [0.25, 0.3) is 0 Å². The van der Waals surface area contributed by atoms with Crippen molar-refractivity contribution in [2.75, 3.05) is 39.6 Å². The number of unbranched alkanes of at least 4 members (excludes halogenated alkanes) is 62. The van der Waals surface area contributed by atoms with Crippen molar-refractivity contribution in [3.05, 3.63) is 0 Å². The zero-order chi connectivity index (χ0) is 77.4. The number of hydrogen-bond donors (Lipinski definition) is 3. The normalized spacial score (nSPS) is 13.7. The second-order valence-electron chi connectivity index (χ2n) is 31.3. The number of phosphoric acid groups is 2. The van der Waals surface area contributed by atoms with Gasteiger partial charge in [0.25, 0.3) is 0 Å². The first kappa shape index (κ1) is 104. The molecule has 19 heteroatoms. The largest absolute Gasteiger partial charge is 0.472 e. The van der Waals surface area contributed by atoms with Crippen LogP contribution in [0.1, 0.15) is 477 Å². The molecule has 0 amide bonds. The molecule has 5 atom stereocenters. The van der Waals surface area contributed by atoms with Crippen molar-refractivity contribution in [3.63, 3.8) is 0 Å². The summed E-state index contributed by atoms with van der Waals surface area (Å²) >= 11 is 0. The number of carbonyl (C=O) groups excluding carboxylic acids is 4. The maximum atomic E-state index is 13.1. The summed E-state index contributed by atoms with van der Waals surface area (Å²) in [6, 6.07) is 0. The number of esters is 4. The van der Waals surface area contributed by atoms with Gasteiger partial charge in [0.1, 0.15) is 19.3 Å². The summed E-state index contributed by atoms with van der Waals surface area (Å²) in [5, 5.41) is 10.7. The van der Waals surface area contributed by atoms with Crippen LogP contribution in [0.5, 0.6) is 0 Å². The Morgan fingerprint density at radius 2 is 0.377 bits per heavy atom. The number of hydrogen-bond acceptors (Lipinski definition) is 15. The lowest BCUT2D eigenvalue weighted by molar-refractivity contribution is -0.161. The minimum atomic E-state index is -4.96. The minimum absolute atomic E-state index is 0.109. The summed E-state index contributed by atoms with van der Waals surface area (Å²) in [5.41, 5.74) is 0. The molecule has 0 aliphatic carbocycles. The SMILES string of the molecule is CCCCCCCCCCCCCCCCCCCCCCCCC(=O)O[C@H](COC(=O)CCCCCCCCCCCCCCCCCCCCCCC)COP(=O)(O)OC[C@@H](O)COP(=O)(O)OC[C@@H](COC(=O)CCCCCCCCC)OC(=O)CCCCCCCCCCCCCCCCCC. The molecule has 0 rings (SSSR count). The number of phosphoric ester groups is 2. The van der Waals surface area contributed by atoms with Crippen LogP contribution in [0.3, 0.4) is 0 Å². The van der Waals surface area contributed by atoms with E-state index in [0.29, 0.717) is 25.7 Å². The molecular formula is C87H170O17P2. The first-order valence-corrected chi connectivity index (χ1v) is 48.3. The van der Waals surface area contributed by atoms with Gasteiger partial charge in [-0.25, -0.2) is 9.13 Å². The molecule has 630 valence electrons. The number of rotatable bonds is 88. The Bertz CT molecular complexity index is 2000. The van der Waals surface area contributed by atoms with E-state index in [4.69, 9.17) is 37.0 Å². The van der Waals surface area contributed by atoms with Gasteiger partial charge in [-0.15, -0.1) is 0 Å². The summed E-state index contributed by atoms with van der Waals surface area (Å²) < 4.78 is 68.8. The maximum absolute atomic E-state index is 13.1. The molecule has 0 heterocycles. The molecule has 0 aromatic rings. The lowest BCUT2D eigenvalue weighted by Crippen LogP contribution is -2.30. The third-order valence-corrected chi connectivity index (χ3v) is 22.5. The topological polar surface area (TPSA) is 237 Å². The number of ether oxygens (including phenoxy) is 4. The highest BCUT2D eigenvalue weighted by atomic mass is 31.2. The molecule has 0 aromatic heterocycles. The van der Waals surface area contributed by atoms with E-state index in [1.54, 1.807) is 0 Å². The third kappa shape index (κ3) is 80.1. The van der Waals surface area contributed by atoms with Gasteiger partial charge in [-0.3, -0.25) is 37.3 Å². The first-order chi connectivity index (χ1) is 51.7. The van der Waals surface area contributed by atoms with Crippen molar-refractivity contribution < 1.29 is 80.2 Å². The van der Waals surface area contributed by atoms with Gasteiger partial charge >= 0.3 is 39.5 Å². The predicted molar refractivity (Wildman–Crippen MR) is 437 cm³/mol. The minimum Gasteiger partial charge on any atom is -0.462 e. The molecule has 17 nitrogen and oxygen atoms in total. The second-order valence-corrected chi connectivity index (χ2v) is 34.2. The first-order valence-electron chi connectivity index (χ1n) is 45.3. The van der Waals surface area contributed by atoms with E-state index in [1.165, 1.54) is 295 Å². The smallest absolute Gasteiger partial charge is 0.462 e. The lowest BCUT2D eigenvalue weighted by Gasteiger charge is -2.21. The molecule has 106 heavy (non-hydrogen) atoms. The maximum Gasteiger partial charge on any atom is 0.472 e. The van der Waals surface area contributed by atoms with Crippen LogP contribution in [-0.4, -0.2) is 96.7 Å². The van der Waals surface area contributed by atoms with Gasteiger partial charge in [-0.2, -0.15) is 0 Å². The van der Waals surface area contributed by atoms with Crippen molar-refractivity contribution in [3.8, 4) is 0 Å². The van der Waals surface area contributed by atoms with Gasteiger partial charge in [-0.1, -0.05) is 426 Å². The fraction of sp³-hybridized carbons (Fsp3) is 0.954. The van der Waals surface area contributed by atoms with E-state index in [9.17, 15) is 43.2 Å². The van der Waals surface area contributed by atoms with Crippen LogP contribution in [0.2, 0.25) is 0 Å². The van der Waals surface area contributed by atoms with Gasteiger partial charge < -0.3 is 33.8 Å². The van der Waals surface area contributed by atoms with Crippen molar-refractivity contribution in [1.82, 2.24) is 0 Å². The molecule has 0 fully saturated rings. The van der Waals surface area contributed by atoms with Crippen LogP contribution in [0.15, 0.2) is 0 Å². The van der Waals surface area contributed by atoms with Crippen molar-refractivity contribution in [1.29, 1.82) is 0 Å². The molecule has 0 aliphatic rings. The van der Waals surface area contributed by atoms with Crippen molar-refractivity contribution in [2.45, 2.75) is 495 Å². The van der Waals surface area contributed by atoms with E-state index in [-0.39, 0.29) is 25.7 Å². The molecule has 0 aliphatic heterocycles.